The maximum atomic E-state index is 11.4. The van der Waals surface area contributed by atoms with Crippen LogP contribution >= 0.6 is 0 Å². The fraction of sp³-hybridized carbons (Fsp3) is 0.882. The molecule has 2 aliphatic heterocycles. The number of rotatable bonds is 7. The minimum Gasteiger partial charge on any atom is -0.479 e. The molecular formula is C17H29NO12. The van der Waals surface area contributed by atoms with Gasteiger partial charge in [0.2, 0.25) is 5.91 Å². The molecule has 0 aromatic rings. The molecule has 13 nitrogen and oxygen atoms in total. The van der Waals surface area contributed by atoms with E-state index in [0.717, 1.165) is 0 Å². The summed E-state index contributed by atoms with van der Waals surface area (Å²) in [7, 11) is 0. The first kappa shape index (κ1) is 24.8. The monoisotopic (exact) mass is 439 g/mol. The van der Waals surface area contributed by atoms with Gasteiger partial charge in [-0.05, 0) is 13.8 Å². The molecule has 174 valence electrons. The fourth-order valence-electron chi connectivity index (χ4n) is 3.22. The van der Waals surface area contributed by atoms with Crippen LogP contribution in [0, 0.1) is 0 Å². The van der Waals surface area contributed by atoms with Gasteiger partial charge in [-0.3, -0.25) is 4.79 Å². The Kier molecular flexibility index (Phi) is 8.50. The van der Waals surface area contributed by atoms with E-state index in [-0.39, 0.29) is 6.10 Å². The number of hydrogen-bond acceptors (Lipinski definition) is 11. The Morgan fingerprint density at radius 2 is 1.57 bits per heavy atom. The smallest absolute Gasteiger partial charge is 0.335 e. The van der Waals surface area contributed by atoms with Crippen LogP contribution in [0.4, 0.5) is 0 Å². The van der Waals surface area contributed by atoms with E-state index < -0.39 is 79.8 Å². The molecule has 0 radical (unpaired) electrons. The number of carboxylic acids is 1. The van der Waals surface area contributed by atoms with Crippen molar-refractivity contribution in [1.82, 2.24) is 5.32 Å². The Balaban J connectivity index is 2.08. The Hall–Kier alpha value is -1.42. The van der Waals surface area contributed by atoms with Gasteiger partial charge in [0.05, 0.1) is 12.7 Å². The molecule has 10 atom stereocenters. The van der Waals surface area contributed by atoms with E-state index in [9.17, 15) is 35.1 Å². The largest absolute Gasteiger partial charge is 0.479 e. The van der Waals surface area contributed by atoms with Gasteiger partial charge in [-0.15, -0.1) is 0 Å². The van der Waals surface area contributed by atoms with Crippen LogP contribution in [0.15, 0.2) is 0 Å². The molecule has 0 unspecified atom stereocenters. The lowest BCUT2D eigenvalue weighted by Gasteiger charge is -2.44. The standard InChI is InChI=1S/C17H29NO12/c1-5(2)28-16-8(18-6(3)19)10(21)9(20)7(29-16)4-27-17-13(24)11(22)12(23)14(30-17)15(25)26/h5,7-14,16-17,20-24H,4H2,1-3H3,(H,18,19)(H,25,26)/t7-,8-,9-,10-,11+,12+,13-,14+,16-,17-/m1/s1. The number of aliphatic carboxylic acids is 1. The zero-order valence-corrected chi connectivity index (χ0v) is 16.7. The van der Waals surface area contributed by atoms with Crippen molar-refractivity contribution in [2.24, 2.45) is 0 Å². The van der Waals surface area contributed by atoms with E-state index in [1.807, 2.05) is 0 Å². The van der Waals surface area contributed by atoms with Gasteiger partial charge in [-0.1, -0.05) is 0 Å². The lowest BCUT2D eigenvalue weighted by molar-refractivity contribution is -0.318. The summed E-state index contributed by atoms with van der Waals surface area (Å²) in [6.07, 6.45) is -14.8. The first-order valence-electron chi connectivity index (χ1n) is 9.42. The summed E-state index contributed by atoms with van der Waals surface area (Å²) in [5, 5.41) is 61.8. The number of amides is 1. The van der Waals surface area contributed by atoms with Crippen molar-refractivity contribution in [3.8, 4) is 0 Å². The molecule has 30 heavy (non-hydrogen) atoms. The average molecular weight is 439 g/mol. The molecule has 2 aliphatic rings. The predicted molar refractivity (Wildman–Crippen MR) is 94.8 cm³/mol. The number of aliphatic hydroxyl groups is 5. The summed E-state index contributed by atoms with van der Waals surface area (Å²) >= 11 is 0. The van der Waals surface area contributed by atoms with E-state index in [1.54, 1.807) is 13.8 Å². The van der Waals surface area contributed by atoms with Crippen molar-refractivity contribution in [1.29, 1.82) is 0 Å². The van der Waals surface area contributed by atoms with Crippen LogP contribution in [-0.4, -0.2) is 117 Å². The van der Waals surface area contributed by atoms with Crippen LogP contribution in [0.2, 0.25) is 0 Å². The van der Waals surface area contributed by atoms with Crippen molar-refractivity contribution in [3.05, 3.63) is 0 Å². The van der Waals surface area contributed by atoms with E-state index >= 15 is 0 Å². The van der Waals surface area contributed by atoms with Crippen LogP contribution in [0.1, 0.15) is 20.8 Å². The van der Waals surface area contributed by atoms with Crippen LogP contribution in [0.5, 0.6) is 0 Å². The minimum absolute atomic E-state index is 0.355. The van der Waals surface area contributed by atoms with Gasteiger partial charge >= 0.3 is 5.97 Å². The molecule has 0 aromatic carbocycles. The molecule has 2 saturated heterocycles. The Morgan fingerprint density at radius 1 is 0.933 bits per heavy atom. The maximum Gasteiger partial charge on any atom is 0.335 e. The first-order chi connectivity index (χ1) is 13.9. The molecule has 0 aliphatic carbocycles. The second-order valence-corrected chi connectivity index (χ2v) is 7.50. The topological polar surface area (TPSA) is 204 Å². The van der Waals surface area contributed by atoms with Crippen molar-refractivity contribution < 1.29 is 59.2 Å². The molecule has 2 rings (SSSR count). The Bertz CT molecular complexity index is 603. The normalized spacial score (nSPS) is 42.2. The quantitative estimate of drug-likeness (QED) is 0.204. The van der Waals surface area contributed by atoms with E-state index in [1.165, 1.54) is 6.92 Å². The number of aliphatic hydroxyl groups excluding tert-OH is 5. The van der Waals surface area contributed by atoms with Crippen molar-refractivity contribution in [3.63, 3.8) is 0 Å². The zero-order valence-electron chi connectivity index (χ0n) is 16.7. The Labute approximate surface area is 172 Å². The minimum atomic E-state index is -1.88. The second-order valence-electron chi connectivity index (χ2n) is 7.50. The molecule has 13 heteroatoms. The van der Waals surface area contributed by atoms with Gasteiger partial charge in [0.15, 0.2) is 18.7 Å². The summed E-state index contributed by atoms with van der Waals surface area (Å²) in [6, 6.07) is -1.07. The number of nitrogens with one attached hydrogen (secondary N) is 1. The maximum absolute atomic E-state index is 11.4. The second kappa shape index (κ2) is 10.3. The molecule has 0 aromatic heterocycles. The highest BCUT2D eigenvalue weighted by Gasteiger charge is 2.49. The molecule has 1 amide bonds. The number of carbonyl (C=O) groups excluding carboxylic acids is 1. The Morgan fingerprint density at radius 3 is 2.10 bits per heavy atom. The van der Waals surface area contributed by atoms with Crippen molar-refractivity contribution in [2.75, 3.05) is 6.61 Å². The van der Waals surface area contributed by atoms with Gasteiger partial charge in [0.25, 0.3) is 0 Å². The van der Waals surface area contributed by atoms with E-state index in [0.29, 0.717) is 0 Å². The van der Waals surface area contributed by atoms with Crippen LogP contribution in [0.25, 0.3) is 0 Å². The van der Waals surface area contributed by atoms with Crippen molar-refractivity contribution >= 4 is 11.9 Å². The molecule has 2 heterocycles. The predicted octanol–water partition coefficient (Wildman–Crippen LogP) is -3.73. The van der Waals surface area contributed by atoms with E-state index in [2.05, 4.69) is 5.32 Å². The highest BCUT2D eigenvalue weighted by Crippen LogP contribution is 2.26. The molecular weight excluding hydrogens is 410 g/mol. The third-order valence-corrected chi connectivity index (χ3v) is 4.71. The van der Waals surface area contributed by atoms with Gasteiger partial charge in [-0.2, -0.15) is 0 Å². The number of ether oxygens (including phenoxy) is 4. The van der Waals surface area contributed by atoms with E-state index in [4.69, 9.17) is 24.1 Å². The lowest BCUT2D eigenvalue weighted by atomic mass is 9.96. The number of carbonyl (C=O) groups is 2. The molecule has 2 fully saturated rings. The van der Waals surface area contributed by atoms with Crippen molar-refractivity contribution in [2.45, 2.75) is 88.2 Å². The third kappa shape index (κ3) is 5.63. The highest BCUT2D eigenvalue weighted by molar-refractivity contribution is 5.73. The summed E-state index contributed by atoms with van der Waals surface area (Å²) in [5.74, 6) is -2.05. The van der Waals surface area contributed by atoms with Gasteiger partial charge < -0.3 is 54.9 Å². The average Bonchev–Trinajstić information content (AvgIpc) is 2.65. The summed E-state index contributed by atoms with van der Waals surface area (Å²) in [4.78, 5) is 22.6. The zero-order chi connectivity index (χ0) is 22.7. The first-order valence-corrected chi connectivity index (χ1v) is 9.42. The molecule has 0 saturated carbocycles. The van der Waals surface area contributed by atoms with Crippen LogP contribution < -0.4 is 5.32 Å². The molecule has 0 spiro atoms. The van der Waals surface area contributed by atoms with Gasteiger partial charge in [0, 0.05) is 6.92 Å². The van der Waals surface area contributed by atoms with Crippen LogP contribution in [0.3, 0.4) is 0 Å². The fourth-order valence-corrected chi connectivity index (χ4v) is 3.22. The summed E-state index contributed by atoms with van der Waals surface area (Å²) < 4.78 is 21.4. The summed E-state index contributed by atoms with van der Waals surface area (Å²) in [5.41, 5.74) is 0. The van der Waals surface area contributed by atoms with Crippen LogP contribution in [-0.2, 0) is 28.5 Å². The highest BCUT2D eigenvalue weighted by atomic mass is 16.7. The molecule has 0 bridgehead atoms. The number of hydrogen-bond donors (Lipinski definition) is 7. The summed E-state index contributed by atoms with van der Waals surface area (Å²) in [6.45, 7) is 4.12. The SMILES string of the molecule is CC(=O)N[C@H]1[C@H](OC(C)C)O[C@H](CO[C@@H]2O[C@H](C(=O)O)[C@@H](O)[C@H](O)[C@H]2O)[C@@H](O)[C@@H]1O. The van der Waals surface area contributed by atoms with Gasteiger partial charge in [-0.25, -0.2) is 4.79 Å². The third-order valence-electron chi connectivity index (χ3n) is 4.71. The lowest BCUT2D eigenvalue weighted by Crippen LogP contribution is -2.65. The molecule has 7 N–H and O–H groups in total. The van der Waals surface area contributed by atoms with Gasteiger partial charge in [0.1, 0.15) is 42.7 Å². The number of carboxylic acid groups (broad SMARTS) is 1.